The molecule has 1 heterocycles. The molecule has 3 nitrogen and oxygen atoms in total. The highest BCUT2D eigenvalue weighted by molar-refractivity contribution is 5.72. The van der Waals surface area contributed by atoms with Gasteiger partial charge in [-0.05, 0) is 18.6 Å². The van der Waals surface area contributed by atoms with Crippen LogP contribution in [0.4, 0.5) is 4.79 Å². The van der Waals surface area contributed by atoms with Gasteiger partial charge in [-0.15, -0.1) is 0 Å². The Morgan fingerprint density at radius 1 is 1.00 bits per heavy atom. The summed E-state index contributed by atoms with van der Waals surface area (Å²) in [6, 6.07) is 0. The quantitative estimate of drug-likeness (QED) is 0.442. The van der Waals surface area contributed by atoms with Crippen molar-refractivity contribution in [3.8, 4) is 0 Å². The minimum absolute atomic E-state index is 0.332. The second-order valence-corrected chi connectivity index (χ2v) is 5.86. The van der Waals surface area contributed by atoms with Crippen LogP contribution in [0.3, 0.4) is 0 Å². The maximum absolute atomic E-state index is 11.8. The summed E-state index contributed by atoms with van der Waals surface area (Å²) < 4.78 is 5.26. The third kappa shape index (κ3) is 8.06. The van der Waals surface area contributed by atoms with Gasteiger partial charge in [-0.2, -0.15) is 0 Å². The number of nitrogens with zero attached hydrogens (tertiary/aromatic N) is 1. The fraction of sp³-hybridized carbons (Fsp3) is 0.632. The Balaban J connectivity index is 1.91. The Morgan fingerprint density at radius 3 is 2.18 bits per heavy atom. The fourth-order valence-electron chi connectivity index (χ4n) is 2.48. The molecule has 3 heteroatoms. The predicted octanol–water partition coefficient (Wildman–Crippen LogP) is 5.94. The first-order valence-corrected chi connectivity index (χ1v) is 8.75. The van der Waals surface area contributed by atoms with Crippen molar-refractivity contribution < 1.29 is 9.53 Å². The lowest BCUT2D eigenvalue weighted by Crippen LogP contribution is -2.26. The normalized spacial score (nSPS) is 13.7. The topological polar surface area (TPSA) is 29.5 Å². The van der Waals surface area contributed by atoms with E-state index < -0.39 is 0 Å². The van der Waals surface area contributed by atoms with Crippen LogP contribution in [0.1, 0.15) is 71.1 Å². The summed E-state index contributed by atoms with van der Waals surface area (Å²) in [4.78, 5) is 13.3. The lowest BCUT2D eigenvalue weighted by Gasteiger charge is -2.19. The largest absolute Gasteiger partial charge is 0.449 e. The number of allylic oxidation sites excluding steroid dienone is 3. The van der Waals surface area contributed by atoms with E-state index in [-0.39, 0.29) is 6.09 Å². The van der Waals surface area contributed by atoms with Crippen LogP contribution in [0.5, 0.6) is 0 Å². The number of rotatable bonds is 11. The molecule has 0 radical (unpaired) electrons. The lowest BCUT2D eigenvalue weighted by molar-refractivity contribution is 0.123. The van der Waals surface area contributed by atoms with E-state index >= 15 is 0 Å². The summed E-state index contributed by atoms with van der Waals surface area (Å²) >= 11 is 0. The zero-order valence-electron chi connectivity index (χ0n) is 14.1. The van der Waals surface area contributed by atoms with Gasteiger partial charge in [-0.1, -0.05) is 77.4 Å². The first kappa shape index (κ1) is 18.5. The van der Waals surface area contributed by atoms with Crippen molar-refractivity contribution in [3.63, 3.8) is 0 Å². The van der Waals surface area contributed by atoms with Gasteiger partial charge in [-0.3, -0.25) is 4.90 Å². The van der Waals surface area contributed by atoms with Crippen LogP contribution in [0.25, 0.3) is 0 Å². The third-order valence-electron chi connectivity index (χ3n) is 3.86. The third-order valence-corrected chi connectivity index (χ3v) is 3.86. The zero-order chi connectivity index (χ0) is 16.0. The number of carbonyl (C=O) groups excluding carboxylic acids is 1. The Bertz CT molecular complexity index is 385. The van der Waals surface area contributed by atoms with Gasteiger partial charge in [0.1, 0.15) is 0 Å². The van der Waals surface area contributed by atoms with Crippen LogP contribution < -0.4 is 0 Å². The Kier molecular flexibility index (Phi) is 10.2. The molecule has 0 bridgehead atoms. The first-order valence-electron chi connectivity index (χ1n) is 8.75. The summed E-state index contributed by atoms with van der Waals surface area (Å²) in [6.45, 7) is 6.56. The molecule has 0 aromatic rings. The molecule has 1 amide bonds. The predicted molar refractivity (Wildman–Crippen MR) is 92.5 cm³/mol. The van der Waals surface area contributed by atoms with Crippen LogP contribution >= 0.6 is 0 Å². The summed E-state index contributed by atoms with van der Waals surface area (Å²) in [5, 5.41) is 0. The molecular formula is C19H31NO2. The minimum Gasteiger partial charge on any atom is -0.449 e. The second kappa shape index (κ2) is 12.1. The number of ether oxygens (including phenoxy) is 1. The minimum atomic E-state index is -0.332. The fourth-order valence-corrected chi connectivity index (χ4v) is 2.48. The van der Waals surface area contributed by atoms with Gasteiger partial charge >= 0.3 is 6.09 Å². The molecule has 0 aliphatic carbocycles. The molecule has 0 N–H and O–H groups in total. The maximum Gasteiger partial charge on any atom is 0.418 e. The highest BCUT2D eigenvalue weighted by atomic mass is 16.6. The summed E-state index contributed by atoms with van der Waals surface area (Å²) in [6.07, 6.45) is 19.6. The van der Waals surface area contributed by atoms with Crippen molar-refractivity contribution in [1.29, 1.82) is 0 Å². The molecule has 0 aromatic carbocycles. The second-order valence-electron chi connectivity index (χ2n) is 5.86. The van der Waals surface area contributed by atoms with Crippen molar-refractivity contribution >= 4 is 6.09 Å². The molecule has 0 aromatic heterocycles. The zero-order valence-corrected chi connectivity index (χ0v) is 14.1. The highest BCUT2D eigenvalue weighted by Crippen LogP contribution is 2.13. The SMILES string of the molecule is C=C1C=CC=CN1C(=O)OCCCCCCCCCCCC. The van der Waals surface area contributed by atoms with E-state index in [0.717, 1.165) is 12.8 Å². The lowest BCUT2D eigenvalue weighted by atomic mass is 10.1. The van der Waals surface area contributed by atoms with E-state index in [9.17, 15) is 4.79 Å². The molecule has 0 saturated heterocycles. The van der Waals surface area contributed by atoms with Crippen molar-refractivity contribution in [2.75, 3.05) is 6.61 Å². The maximum atomic E-state index is 11.8. The molecule has 124 valence electrons. The van der Waals surface area contributed by atoms with Gasteiger partial charge in [0.15, 0.2) is 0 Å². The van der Waals surface area contributed by atoms with Crippen LogP contribution in [-0.4, -0.2) is 17.6 Å². The average Bonchev–Trinajstić information content (AvgIpc) is 2.53. The standard InChI is InChI=1S/C19H31NO2/c1-3-4-5-6-7-8-9-10-11-14-17-22-19(21)20-16-13-12-15-18(20)2/h12-13,15-16H,2-11,14,17H2,1H3. The van der Waals surface area contributed by atoms with E-state index in [0.29, 0.717) is 12.3 Å². The van der Waals surface area contributed by atoms with Gasteiger partial charge in [0, 0.05) is 11.9 Å². The number of amides is 1. The molecule has 0 atom stereocenters. The molecule has 0 fully saturated rings. The van der Waals surface area contributed by atoms with Gasteiger partial charge < -0.3 is 4.74 Å². The highest BCUT2D eigenvalue weighted by Gasteiger charge is 2.14. The Hall–Kier alpha value is -1.51. The van der Waals surface area contributed by atoms with Gasteiger partial charge in [-0.25, -0.2) is 4.79 Å². The van der Waals surface area contributed by atoms with Gasteiger partial charge in [0.05, 0.1) is 6.61 Å². The van der Waals surface area contributed by atoms with E-state index in [1.807, 2.05) is 6.08 Å². The smallest absolute Gasteiger partial charge is 0.418 e. The van der Waals surface area contributed by atoms with Crippen LogP contribution in [0.2, 0.25) is 0 Å². The van der Waals surface area contributed by atoms with Crippen molar-refractivity contribution in [3.05, 3.63) is 36.7 Å². The molecule has 0 saturated carbocycles. The molecule has 0 unspecified atom stereocenters. The first-order chi connectivity index (χ1) is 10.8. The number of hydrogen-bond donors (Lipinski definition) is 0. The van der Waals surface area contributed by atoms with Gasteiger partial charge in [0.25, 0.3) is 0 Å². The molecule has 22 heavy (non-hydrogen) atoms. The van der Waals surface area contributed by atoms with Crippen molar-refractivity contribution in [2.24, 2.45) is 0 Å². The molecular weight excluding hydrogens is 274 g/mol. The summed E-state index contributed by atoms with van der Waals surface area (Å²) in [5.74, 6) is 0. The Labute approximate surface area is 135 Å². The summed E-state index contributed by atoms with van der Waals surface area (Å²) in [5.41, 5.74) is 0.649. The molecule has 0 spiro atoms. The van der Waals surface area contributed by atoms with Crippen LogP contribution in [-0.2, 0) is 4.74 Å². The van der Waals surface area contributed by atoms with Crippen molar-refractivity contribution in [2.45, 2.75) is 71.1 Å². The van der Waals surface area contributed by atoms with Crippen LogP contribution in [0.15, 0.2) is 36.7 Å². The number of unbranched alkanes of at least 4 members (excludes halogenated alkanes) is 9. The average molecular weight is 305 g/mol. The van der Waals surface area contributed by atoms with E-state index in [4.69, 9.17) is 4.74 Å². The number of hydrogen-bond acceptors (Lipinski definition) is 2. The molecule has 1 rings (SSSR count). The van der Waals surface area contributed by atoms with Gasteiger partial charge in [0.2, 0.25) is 0 Å². The molecule has 1 aliphatic rings. The Morgan fingerprint density at radius 2 is 1.59 bits per heavy atom. The monoisotopic (exact) mass is 305 g/mol. The number of carbonyl (C=O) groups is 1. The van der Waals surface area contributed by atoms with E-state index in [1.54, 1.807) is 18.4 Å². The van der Waals surface area contributed by atoms with E-state index in [1.165, 1.54) is 56.3 Å². The van der Waals surface area contributed by atoms with E-state index in [2.05, 4.69) is 13.5 Å². The van der Waals surface area contributed by atoms with Crippen LogP contribution in [0, 0.1) is 0 Å². The summed E-state index contributed by atoms with van der Waals surface area (Å²) in [7, 11) is 0. The molecule has 1 aliphatic heterocycles. The van der Waals surface area contributed by atoms with Crippen molar-refractivity contribution in [1.82, 2.24) is 4.90 Å².